The molecule has 2 heteroatoms. The minimum atomic E-state index is -0.321. The number of nitrogens with two attached hydrogens (primary N) is 1. The summed E-state index contributed by atoms with van der Waals surface area (Å²) in [4.78, 5) is 0. The topological polar surface area (TPSA) is 26.0 Å². The van der Waals surface area contributed by atoms with Gasteiger partial charge in [-0.05, 0) is 43.4 Å². The van der Waals surface area contributed by atoms with Crippen LogP contribution in [0.15, 0.2) is 24.3 Å². The van der Waals surface area contributed by atoms with Gasteiger partial charge in [-0.1, -0.05) is 37.8 Å². The summed E-state index contributed by atoms with van der Waals surface area (Å²) in [6.07, 6.45) is 7.61. The first-order valence-corrected chi connectivity index (χ1v) is 6.65. The molecular weight excluding hydrogens is 213 g/mol. The van der Waals surface area contributed by atoms with Crippen LogP contribution in [0.2, 0.25) is 0 Å². The van der Waals surface area contributed by atoms with Crippen LogP contribution < -0.4 is 5.73 Å². The van der Waals surface area contributed by atoms with Gasteiger partial charge in [-0.2, -0.15) is 0 Å². The Morgan fingerprint density at radius 2 is 1.59 bits per heavy atom. The van der Waals surface area contributed by atoms with Crippen molar-refractivity contribution in [3.8, 4) is 0 Å². The van der Waals surface area contributed by atoms with Crippen LogP contribution in [0.5, 0.6) is 0 Å². The Morgan fingerprint density at radius 1 is 1.06 bits per heavy atom. The van der Waals surface area contributed by atoms with Gasteiger partial charge in [0.2, 0.25) is 0 Å². The minimum Gasteiger partial charge on any atom is -0.321 e. The molecule has 1 unspecified atom stereocenters. The van der Waals surface area contributed by atoms with Gasteiger partial charge in [-0.25, -0.2) is 4.39 Å². The number of hydrogen-bond acceptors (Lipinski definition) is 1. The van der Waals surface area contributed by atoms with Crippen LogP contribution in [-0.2, 0) is 5.54 Å². The molecule has 0 radical (unpaired) electrons. The van der Waals surface area contributed by atoms with Gasteiger partial charge in [0, 0.05) is 5.54 Å². The predicted octanol–water partition coefficient (Wildman–Crippen LogP) is 3.97. The van der Waals surface area contributed by atoms with E-state index in [1.807, 2.05) is 12.1 Å². The molecule has 2 rings (SSSR count). The zero-order chi connectivity index (χ0) is 12.3. The molecule has 1 nitrogen and oxygen atoms in total. The average Bonchev–Trinajstić information content (AvgIpc) is 2.58. The number of rotatable bonds is 2. The van der Waals surface area contributed by atoms with Crippen LogP contribution in [0.3, 0.4) is 0 Å². The Labute approximate surface area is 103 Å². The highest BCUT2D eigenvalue weighted by Crippen LogP contribution is 2.36. The van der Waals surface area contributed by atoms with E-state index >= 15 is 0 Å². The molecule has 0 heterocycles. The number of hydrogen-bond donors (Lipinski definition) is 1. The summed E-state index contributed by atoms with van der Waals surface area (Å²) in [5.41, 5.74) is 7.25. The van der Waals surface area contributed by atoms with Crippen LogP contribution in [0, 0.1) is 11.7 Å². The Hall–Kier alpha value is -0.890. The highest BCUT2D eigenvalue weighted by molar-refractivity contribution is 5.24. The fourth-order valence-corrected chi connectivity index (χ4v) is 2.92. The lowest BCUT2D eigenvalue weighted by atomic mass is 9.76. The maximum absolute atomic E-state index is 12.9. The predicted molar refractivity (Wildman–Crippen MR) is 69.1 cm³/mol. The molecule has 1 aromatic carbocycles. The molecule has 0 amide bonds. The molecule has 0 saturated heterocycles. The lowest BCUT2D eigenvalue weighted by molar-refractivity contribution is 0.268. The molecule has 94 valence electrons. The monoisotopic (exact) mass is 235 g/mol. The first kappa shape index (κ1) is 12.6. The fraction of sp³-hybridized carbons (Fsp3) is 0.600. The van der Waals surface area contributed by atoms with Crippen LogP contribution >= 0.6 is 0 Å². The van der Waals surface area contributed by atoms with E-state index in [1.54, 1.807) is 0 Å². The molecular formula is C15H22FN. The molecule has 1 fully saturated rings. The summed E-state index contributed by atoms with van der Waals surface area (Å²) in [5, 5.41) is 0. The van der Waals surface area contributed by atoms with Crippen molar-refractivity contribution in [2.24, 2.45) is 11.7 Å². The molecule has 0 spiro atoms. The fourth-order valence-electron chi connectivity index (χ4n) is 2.92. The van der Waals surface area contributed by atoms with Crippen LogP contribution in [0.1, 0.15) is 51.0 Å². The highest BCUT2D eigenvalue weighted by atomic mass is 19.1. The molecule has 1 aliphatic rings. The normalized spacial score (nSPS) is 21.8. The van der Waals surface area contributed by atoms with Crippen molar-refractivity contribution in [3.63, 3.8) is 0 Å². The van der Waals surface area contributed by atoms with Crippen LogP contribution in [-0.4, -0.2) is 0 Å². The van der Waals surface area contributed by atoms with E-state index in [-0.39, 0.29) is 11.4 Å². The van der Waals surface area contributed by atoms with Crippen molar-refractivity contribution in [1.82, 2.24) is 0 Å². The largest absolute Gasteiger partial charge is 0.321 e. The Kier molecular flexibility index (Phi) is 3.82. The quantitative estimate of drug-likeness (QED) is 0.771. The molecule has 1 saturated carbocycles. The van der Waals surface area contributed by atoms with E-state index < -0.39 is 0 Å². The lowest BCUT2D eigenvalue weighted by Crippen LogP contribution is -2.41. The van der Waals surface area contributed by atoms with E-state index in [2.05, 4.69) is 6.92 Å². The van der Waals surface area contributed by atoms with Gasteiger partial charge < -0.3 is 5.73 Å². The van der Waals surface area contributed by atoms with Gasteiger partial charge in [0.25, 0.3) is 0 Å². The highest BCUT2D eigenvalue weighted by Gasteiger charge is 2.31. The van der Waals surface area contributed by atoms with E-state index in [9.17, 15) is 4.39 Å². The lowest BCUT2D eigenvalue weighted by Gasteiger charge is -2.34. The van der Waals surface area contributed by atoms with Crippen LogP contribution in [0.4, 0.5) is 4.39 Å². The number of benzene rings is 1. The van der Waals surface area contributed by atoms with Gasteiger partial charge in [-0.3, -0.25) is 0 Å². The molecule has 17 heavy (non-hydrogen) atoms. The zero-order valence-electron chi connectivity index (χ0n) is 10.6. The summed E-state index contributed by atoms with van der Waals surface area (Å²) >= 11 is 0. The summed E-state index contributed by atoms with van der Waals surface area (Å²) in [5.74, 6) is 0.334. The van der Waals surface area contributed by atoms with Gasteiger partial charge in [0.1, 0.15) is 5.82 Å². The van der Waals surface area contributed by atoms with Crippen molar-refractivity contribution in [3.05, 3.63) is 35.6 Å². The molecule has 2 N–H and O–H groups in total. The summed E-state index contributed by atoms with van der Waals surface area (Å²) in [6, 6.07) is 6.69. The standard InChI is InChI=1S/C15H22FN/c1-15(17,12-6-4-2-3-5-7-12)13-8-10-14(16)11-9-13/h8-12H,2-7,17H2,1H3. The van der Waals surface area contributed by atoms with Crippen LogP contribution in [0.25, 0.3) is 0 Å². The summed E-state index contributed by atoms with van der Waals surface area (Å²) < 4.78 is 12.9. The van der Waals surface area contributed by atoms with E-state index in [4.69, 9.17) is 5.73 Å². The SMILES string of the molecule is CC(N)(c1ccc(F)cc1)C1CCCCCC1. The number of halogens is 1. The molecule has 0 bridgehead atoms. The molecule has 1 atom stereocenters. The first-order valence-electron chi connectivity index (χ1n) is 6.65. The van der Waals surface area contributed by atoms with Gasteiger partial charge in [0.05, 0.1) is 0 Å². The van der Waals surface area contributed by atoms with Gasteiger partial charge in [-0.15, -0.1) is 0 Å². The van der Waals surface area contributed by atoms with E-state index in [1.165, 1.54) is 50.7 Å². The van der Waals surface area contributed by atoms with Crippen molar-refractivity contribution in [1.29, 1.82) is 0 Å². The third-order valence-electron chi connectivity index (χ3n) is 4.17. The van der Waals surface area contributed by atoms with Crippen molar-refractivity contribution >= 4 is 0 Å². The van der Waals surface area contributed by atoms with E-state index in [0.717, 1.165) is 5.56 Å². The Balaban J connectivity index is 2.18. The van der Waals surface area contributed by atoms with Crippen molar-refractivity contribution in [2.75, 3.05) is 0 Å². The maximum Gasteiger partial charge on any atom is 0.123 e. The Bertz CT molecular complexity index is 348. The van der Waals surface area contributed by atoms with Gasteiger partial charge >= 0.3 is 0 Å². The molecule has 0 aromatic heterocycles. The molecule has 1 aromatic rings. The second-order valence-corrected chi connectivity index (χ2v) is 5.48. The third kappa shape index (κ3) is 2.86. The molecule has 1 aliphatic carbocycles. The Morgan fingerprint density at radius 3 is 2.12 bits per heavy atom. The first-order chi connectivity index (χ1) is 8.10. The van der Waals surface area contributed by atoms with E-state index in [0.29, 0.717) is 5.92 Å². The minimum absolute atomic E-state index is 0.189. The molecule has 0 aliphatic heterocycles. The van der Waals surface area contributed by atoms with Gasteiger partial charge in [0.15, 0.2) is 0 Å². The third-order valence-corrected chi connectivity index (χ3v) is 4.17. The van der Waals surface area contributed by atoms with Crippen molar-refractivity contribution < 1.29 is 4.39 Å². The average molecular weight is 235 g/mol. The summed E-state index contributed by atoms with van der Waals surface area (Å²) in [6.45, 7) is 2.09. The smallest absolute Gasteiger partial charge is 0.123 e. The van der Waals surface area contributed by atoms with Crippen molar-refractivity contribution in [2.45, 2.75) is 51.0 Å². The summed E-state index contributed by atoms with van der Waals surface area (Å²) in [7, 11) is 0. The maximum atomic E-state index is 12.9. The zero-order valence-corrected chi connectivity index (χ0v) is 10.6. The second-order valence-electron chi connectivity index (χ2n) is 5.48. The second kappa shape index (κ2) is 5.18.